The second-order valence-electron chi connectivity index (χ2n) is 4.69. The molecule has 23 heavy (non-hydrogen) atoms. The van der Waals surface area contributed by atoms with Gasteiger partial charge in [0.2, 0.25) is 0 Å². The zero-order valence-corrected chi connectivity index (χ0v) is 14.0. The molecule has 0 radical (unpaired) electrons. The normalized spacial score (nSPS) is 11.4. The molecule has 0 amide bonds. The SMILES string of the molecule is O=S(=O)(Nc1ccn(-c2ccccc2)n1)c1cc(Cl)cc(Cl)c1. The third-order valence-electron chi connectivity index (χ3n) is 3.00. The number of para-hydroxylation sites is 1. The Morgan fingerprint density at radius 2 is 1.61 bits per heavy atom. The van der Waals surface area contributed by atoms with Gasteiger partial charge in [0.1, 0.15) is 0 Å². The highest BCUT2D eigenvalue weighted by molar-refractivity contribution is 7.92. The van der Waals surface area contributed by atoms with Crippen LogP contribution in [-0.2, 0) is 10.0 Å². The van der Waals surface area contributed by atoms with E-state index in [-0.39, 0.29) is 20.8 Å². The summed E-state index contributed by atoms with van der Waals surface area (Å²) in [6.45, 7) is 0. The van der Waals surface area contributed by atoms with Crippen LogP contribution in [0, 0.1) is 0 Å². The van der Waals surface area contributed by atoms with E-state index in [0.717, 1.165) is 5.69 Å². The van der Waals surface area contributed by atoms with Gasteiger partial charge in [-0.3, -0.25) is 4.72 Å². The first-order chi connectivity index (χ1) is 10.9. The molecular weight excluding hydrogens is 357 g/mol. The standard InChI is InChI=1S/C15H11Cl2N3O2S/c16-11-8-12(17)10-14(9-11)23(21,22)19-15-6-7-20(18-15)13-4-2-1-3-5-13/h1-10H,(H,18,19). The number of halogens is 2. The second-order valence-corrected chi connectivity index (χ2v) is 7.25. The maximum Gasteiger partial charge on any atom is 0.263 e. The van der Waals surface area contributed by atoms with Crippen molar-refractivity contribution in [1.82, 2.24) is 9.78 Å². The van der Waals surface area contributed by atoms with Gasteiger partial charge in [0.25, 0.3) is 10.0 Å². The lowest BCUT2D eigenvalue weighted by Crippen LogP contribution is -2.13. The number of anilines is 1. The van der Waals surface area contributed by atoms with Crippen LogP contribution in [0.2, 0.25) is 10.0 Å². The maximum absolute atomic E-state index is 12.4. The molecule has 2 aromatic carbocycles. The zero-order valence-electron chi connectivity index (χ0n) is 11.6. The van der Waals surface area contributed by atoms with Crippen LogP contribution in [0.5, 0.6) is 0 Å². The predicted octanol–water partition coefficient (Wildman–Crippen LogP) is 3.98. The minimum absolute atomic E-state index is 0.0238. The summed E-state index contributed by atoms with van der Waals surface area (Å²) in [5, 5.41) is 4.68. The average molecular weight is 368 g/mol. The van der Waals surface area contributed by atoms with Crippen LogP contribution < -0.4 is 4.72 Å². The maximum atomic E-state index is 12.4. The first-order valence-electron chi connectivity index (χ1n) is 6.54. The van der Waals surface area contributed by atoms with Crippen molar-refractivity contribution in [2.24, 2.45) is 0 Å². The summed E-state index contributed by atoms with van der Waals surface area (Å²) >= 11 is 11.7. The fraction of sp³-hybridized carbons (Fsp3) is 0. The third-order valence-corrected chi connectivity index (χ3v) is 4.77. The van der Waals surface area contributed by atoms with Crippen molar-refractivity contribution in [3.05, 3.63) is 70.8 Å². The van der Waals surface area contributed by atoms with Gasteiger partial charge >= 0.3 is 0 Å². The van der Waals surface area contributed by atoms with E-state index in [0.29, 0.717) is 0 Å². The lowest BCUT2D eigenvalue weighted by molar-refractivity contribution is 0.601. The first-order valence-corrected chi connectivity index (χ1v) is 8.78. The van der Waals surface area contributed by atoms with Crippen LogP contribution in [0.3, 0.4) is 0 Å². The molecule has 0 atom stereocenters. The van der Waals surface area contributed by atoms with E-state index in [2.05, 4.69) is 9.82 Å². The van der Waals surface area contributed by atoms with E-state index >= 15 is 0 Å². The van der Waals surface area contributed by atoms with Gasteiger partial charge in [0.15, 0.2) is 5.82 Å². The van der Waals surface area contributed by atoms with Gasteiger partial charge in [-0.2, -0.15) is 0 Å². The summed E-state index contributed by atoms with van der Waals surface area (Å²) in [6.07, 6.45) is 1.66. The highest BCUT2D eigenvalue weighted by Gasteiger charge is 2.17. The number of nitrogens with zero attached hydrogens (tertiary/aromatic N) is 2. The van der Waals surface area contributed by atoms with Crippen molar-refractivity contribution in [3.8, 4) is 5.69 Å². The zero-order chi connectivity index (χ0) is 16.4. The molecular formula is C15H11Cl2N3O2S. The molecule has 0 aliphatic rings. The molecule has 1 N–H and O–H groups in total. The largest absolute Gasteiger partial charge is 0.263 e. The minimum Gasteiger partial charge on any atom is -0.262 e. The van der Waals surface area contributed by atoms with Crippen molar-refractivity contribution in [3.63, 3.8) is 0 Å². The number of hydrogen-bond acceptors (Lipinski definition) is 3. The molecule has 0 fully saturated rings. The molecule has 3 aromatic rings. The van der Waals surface area contributed by atoms with Gasteiger partial charge in [-0.05, 0) is 30.3 Å². The fourth-order valence-corrected chi connectivity index (χ4v) is 3.70. The summed E-state index contributed by atoms with van der Waals surface area (Å²) in [7, 11) is -3.82. The van der Waals surface area contributed by atoms with E-state index < -0.39 is 10.0 Å². The van der Waals surface area contributed by atoms with Crippen LogP contribution in [0.4, 0.5) is 5.82 Å². The van der Waals surface area contributed by atoms with E-state index in [1.807, 2.05) is 30.3 Å². The Morgan fingerprint density at radius 3 is 2.26 bits per heavy atom. The summed E-state index contributed by atoms with van der Waals surface area (Å²) < 4.78 is 28.7. The van der Waals surface area contributed by atoms with Crippen LogP contribution in [0.15, 0.2) is 65.7 Å². The van der Waals surface area contributed by atoms with Crippen molar-refractivity contribution in [2.45, 2.75) is 4.90 Å². The Bertz CT molecular complexity index is 920. The van der Waals surface area contributed by atoms with Crippen molar-refractivity contribution < 1.29 is 8.42 Å². The molecule has 0 aliphatic carbocycles. The number of nitrogens with one attached hydrogen (secondary N) is 1. The molecule has 0 aliphatic heterocycles. The molecule has 3 rings (SSSR count). The van der Waals surface area contributed by atoms with Crippen LogP contribution in [-0.4, -0.2) is 18.2 Å². The monoisotopic (exact) mass is 367 g/mol. The Kier molecular flexibility index (Phi) is 4.30. The van der Waals surface area contributed by atoms with Gasteiger partial charge in [-0.15, -0.1) is 5.10 Å². The third kappa shape index (κ3) is 3.67. The van der Waals surface area contributed by atoms with Gasteiger partial charge in [-0.25, -0.2) is 13.1 Å². The molecule has 0 bridgehead atoms. The number of benzene rings is 2. The summed E-state index contributed by atoms with van der Waals surface area (Å²) in [4.78, 5) is -0.0238. The van der Waals surface area contributed by atoms with Gasteiger partial charge in [0.05, 0.1) is 10.6 Å². The summed E-state index contributed by atoms with van der Waals surface area (Å²) in [5.74, 6) is 0.199. The Hall–Kier alpha value is -2.02. The van der Waals surface area contributed by atoms with Gasteiger partial charge < -0.3 is 0 Å². The number of aromatic nitrogens is 2. The fourth-order valence-electron chi connectivity index (χ4n) is 1.98. The minimum atomic E-state index is -3.82. The molecule has 1 aromatic heterocycles. The number of sulfonamides is 1. The molecule has 1 heterocycles. The summed E-state index contributed by atoms with van der Waals surface area (Å²) in [6, 6.07) is 15.0. The number of hydrogen-bond donors (Lipinski definition) is 1. The predicted molar refractivity (Wildman–Crippen MR) is 90.8 cm³/mol. The smallest absolute Gasteiger partial charge is 0.262 e. The molecule has 8 heteroatoms. The average Bonchev–Trinajstić information content (AvgIpc) is 2.95. The first kappa shape index (κ1) is 15.9. The summed E-state index contributed by atoms with van der Waals surface area (Å²) in [5.41, 5.74) is 0.823. The lowest BCUT2D eigenvalue weighted by Gasteiger charge is -2.06. The van der Waals surface area contributed by atoms with Gasteiger partial charge in [-0.1, -0.05) is 41.4 Å². The Balaban J connectivity index is 1.88. The van der Waals surface area contributed by atoms with Crippen LogP contribution >= 0.6 is 23.2 Å². The second kappa shape index (κ2) is 6.23. The number of rotatable bonds is 4. The lowest BCUT2D eigenvalue weighted by atomic mass is 10.3. The molecule has 0 saturated heterocycles. The van der Waals surface area contributed by atoms with E-state index in [1.54, 1.807) is 16.9 Å². The van der Waals surface area contributed by atoms with E-state index in [1.165, 1.54) is 18.2 Å². The highest BCUT2D eigenvalue weighted by Crippen LogP contribution is 2.24. The van der Waals surface area contributed by atoms with Crippen LogP contribution in [0.1, 0.15) is 0 Å². The Labute approximate surface area is 143 Å². The van der Waals surface area contributed by atoms with E-state index in [9.17, 15) is 8.42 Å². The Morgan fingerprint density at radius 1 is 0.957 bits per heavy atom. The quantitative estimate of drug-likeness (QED) is 0.758. The molecule has 0 spiro atoms. The molecule has 0 saturated carbocycles. The molecule has 5 nitrogen and oxygen atoms in total. The molecule has 118 valence electrons. The topological polar surface area (TPSA) is 64.0 Å². The van der Waals surface area contributed by atoms with Crippen molar-refractivity contribution >= 4 is 39.0 Å². The van der Waals surface area contributed by atoms with Crippen molar-refractivity contribution in [2.75, 3.05) is 4.72 Å². The van der Waals surface area contributed by atoms with Crippen molar-refractivity contribution in [1.29, 1.82) is 0 Å². The van der Waals surface area contributed by atoms with Crippen LogP contribution in [0.25, 0.3) is 5.69 Å². The highest BCUT2D eigenvalue weighted by atomic mass is 35.5. The van der Waals surface area contributed by atoms with E-state index in [4.69, 9.17) is 23.2 Å². The van der Waals surface area contributed by atoms with Gasteiger partial charge in [0, 0.05) is 22.3 Å². The molecule has 0 unspecified atom stereocenters.